The molecule has 2 aromatic rings. The summed E-state index contributed by atoms with van der Waals surface area (Å²) < 4.78 is 86.5. The van der Waals surface area contributed by atoms with Crippen molar-refractivity contribution < 1.29 is 70.9 Å². The highest BCUT2D eigenvalue weighted by Crippen LogP contribution is 2.45. The monoisotopic (exact) mass is 1120 g/mol. The van der Waals surface area contributed by atoms with Crippen molar-refractivity contribution in [2.45, 2.75) is 217 Å². The van der Waals surface area contributed by atoms with E-state index in [-0.39, 0.29) is 37.2 Å². The molecular weight excluding hydrogens is 1030 g/mol. The molecule has 5 heterocycles. The summed E-state index contributed by atoms with van der Waals surface area (Å²) in [5, 5.41) is 45.1. The normalized spacial score (nSPS) is 38.8. The first-order chi connectivity index (χ1) is 36.5. The number of benzene rings is 1. The highest BCUT2D eigenvalue weighted by atomic mass is 32.2. The molecule has 4 saturated heterocycles. The predicted octanol–water partition coefficient (Wildman–Crippen LogP) is 6.19. The summed E-state index contributed by atoms with van der Waals surface area (Å²) in [5.41, 5.74) is -1.34. The molecule has 4 fully saturated rings. The van der Waals surface area contributed by atoms with Gasteiger partial charge in [0.15, 0.2) is 22.4 Å². The first-order valence-electron chi connectivity index (χ1n) is 27.8. The Bertz CT molecular complexity index is 2500. The van der Waals surface area contributed by atoms with Crippen molar-refractivity contribution in [3.63, 3.8) is 0 Å². The number of ether oxygens (including phenoxy) is 7. The molecule has 0 spiro atoms. The van der Waals surface area contributed by atoms with Crippen LogP contribution >= 0.6 is 0 Å². The zero-order valence-corrected chi connectivity index (χ0v) is 49.3. The number of aliphatic hydroxyl groups excluding tert-OH is 2. The van der Waals surface area contributed by atoms with E-state index in [2.05, 4.69) is 21.9 Å². The van der Waals surface area contributed by atoms with Crippen LogP contribution in [0.1, 0.15) is 132 Å². The number of aromatic nitrogens is 3. The molecule has 0 radical (unpaired) electrons. The average Bonchev–Trinajstić information content (AvgIpc) is 3.90. The number of rotatable bonds is 15. The van der Waals surface area contributed by atoms with Crippen LogP contribution in [0.3, 0.4) is 0 Å². The lowest BCUT2D eigenvalue weighted by atomic mass is 9.68. The maximum Gasteiger partial charge on any atom is 0.311 e. The van der Waals surface area contributed by atoms with Gasteiger partial charge in [-0.3, -0.25) is 9.59 Å². The first-order valence-corrected chi connectivity index (χ1v) is 29.7. The van der Waals surface area contributed by atoms with E-state index in [9.17, 15) is 37.7 Å². The smallest absolute Gasteiger partial charge is 0.311 e. The Morgan fingerprint density at radius 3 is 2.35 bits per heavy atom. The van der Waals surface area contributed by atoms with Crippen molar-refractivity contribution in [2.24, 2.45) is 34.6 Å². The number of hydrogen-bond acceptors (Lipinski definition) is 17. The summed E-state index contributed by atoms with van der Waals surface area (Å²) in [7, 11) is 0.0177. The second-order valence-electron chi connectivity index (χ2n) is 23.7. The Morgan fingerprint density at radius 1 is 1.05 bits per heavy atom. The Hall–Kier alpha value is -3.61. The third-order valence-electron chi connectivity index (χ3n) is 17.4. The number of hydrogen-bond donors (Lipinski definition) is 3. The number of esters is 1. The van der Waals surface area contributed by atoms with Gasteiger partial charge in [-0.25, -0.2) is 22.5 Å². The number of carbonyl (C=O) groups is 2. The van der Waals surface area contributed by atoms with Crippen LogP contribution in [0.5, 0.6) is 0 Å². The second kappa shape index (κ2) is 26.1. The molecule has 19 nitrogen and oxygen atoms in total. The van der Waals surface area contributed by atoms with E-state index < -0.39 is 142 Å². The quantitative estimate of drug-likeness (QED) is 0.133. The number of aliphatic hydroxyl groups is 3. The highest BCUT2D eigenvalue weighted by molar-refractivity contribution is 7.90. The van der Waals surface area contributed by atoms with Gasteiger partial charge in [0.25, 0.3) is 0 Å². The number of sulfone groups is 1. The summed E-state index contributed by atoms with van der Waals surface area (Å²) in [5.74, 6) is -4.34. The van der Waals surface area contributed by atoms with E-state index in [1.165, 1.54) is 30.8 Å². The Kier molecular flexibility index (Phi) is 21.3. The van der Waals surface area contributed by atoms with Gasteiger partial charge in [-0.05, 0) is 117 Å². The molecule has 1 aromatic carbocycles. The minimum Gasteiger partial charge on any atom is -0.459 e. The van der Waals surface area contributed by atoms with Gasteiger partial charge in [0.2, 0.25) is 5.91 Å². The lowest BCUT2D eigenvalue weighted by molar-refractivity contribution is -0.320. The zero-order valence-electron chi connectivity index (χ0n) is 48.5. The third kappa shape index (κ3) is 14.7. The van der Waals surface area contributed by atoms with Gasteiger partial charge in [-0.1, -0.05) is 57.2 Å². The first kappa shape index (κ1) is 63.6. The third-order valence-corrected chi connectivity index (χ3v) is 18.5. The van der Waals surface area contributed by atoms with Gasteiger partial charge in [0, 0.05) is 69.5 Å². The van der Waals surface area contributed by atoms with Crippen LogP contribution in [-0.4, -0.2) is 180 Å². The Morgan fingerprint density at radius 2 is 1.73 bits per heavy atom. The predicted molar refractivity (Wildman–Crippen MR) is 290 cm³/mol. The van der Waals surface area contributed by atoms with Gasteiger partial charge in [-0.15, -0.1) is 5.10 Å². The maximum absolute atomic E-state index is 14.9. The van der Waals surface area contributed by atoms with E-state index in [4.69, 9.17) is 33.2 Å². The standard InChI is InChI=1S/C57H90FN5O14S/c1-16-46-57(12,68)44-22-17-32(2)31-72-56(11,27-33(3)48(35(44)5)59-39(9)64)52(36(6)50(37(7)53(67)75-46)76-47-28-55(10,71-14)51(66)38(8)74-47)77-54-49(65)45(25-34(4)73-54)62(13)24-23-41-30-63(61-60-41)42(29-58)26-40-18-20-43(21-19-40)78(15,69)70/h18-21,30,33-38,42,44-47,49-52,54,65-66,68H,2,16-17,22-29,31H2,1,3-15H3/b59-48+/t33-,34-,35-,36+,37-,38+,42+,44-,45+,46-,47+,49-,50+,51+,52-,54+,55-,56-,57+/m1/s1. The van der Waals surface area contributed by atoms with Crippen LogP contribution in [-0.2, 0) is 65.4 Å². The largest absolute Gasteiger partial charge is 0.459 e. The van der Waals surface area contributed by atoms with Gasteiger partial charge in [0.1, 0.15) is 30.6 Å². The number of cyclic esters (lactones) is 1. The number of fused-ring (bicyclic) bond motifs is 5. The van der Waals surface area contributed by atoms with Gasteiger partial charge >= 0.3 is 5.97 Å². The fourth-order valence-corrected chi connectivity index (χ4v) is 13.2. The molecule has 4 aliphatic rings. The molecule has 0 aliphatic carbocycles. The van der Waals surface area contributed by atoms with Crippen molar-refractivity contribution in [2.75, 3.05) is 40.2 Å². The molecule has 1 aromatic heterocycles. The number of aliphatic imine (C=N–C) groups is 1. The Balaban J connectivity index is 1.37. The summed E-state index contributed by atoms with van der Waals surface area (Å²) in [6.45, 7) is 24.0. The summed E-state index contributed by atoms with van der Waals surface area (Å²) in [6, 6.07) is 5.18. The van der Waals surface area contributed by atoms with E-state index in [0.717, 1.165) is 17.4 Å². The van der Waals surface area contributed by atoms with Gasteiger partial charge < -0.3 is 53.4 Å². The van der Waals surface area contributed by atoms with Crippen LogP contribution < -0.4 is 0 Å². The lowest BCUT2D eigenvalue weighted by Gasteiger charge is -2.50. The molecule has 0 saturated carbocycles. The van der Waals surface area contributed by atoms with Crippen molar-refractivity contribution >= 4 is 27.4 Å². The maximum atomic E-state index is 14.9. The summed E-state index contributed by atoms with van der Waals surface area (Å²) >= 11 is 0. The van der Waals surface area contributed by atoms with Crippen molar-refractivity contribution in [3.8, 4) is 0 Å². The fraction of sp³-hybridized carbons (Fsp3) is 0.772. The van der Waals surface area contributed by atoms with E-state index in [1.807, 2.05) is 53.5 Å². The van der Waals surface area contributed by atoms with Crippen LogP contribution in [0.2, 0.25) is 0 Å². The van der Waals surface area contributed by atoms with Crippen LogP contribution in [0.15, 0.2) is 52.5 Å². The minimum absolute atomic E-state index is 0.0876. The Labute approximate surface area is 461 Å². The minimum atomic E-state index is -3.38. The molecule has 1 amide bonds. The number of likely N-dealkylation sites (N-methyl/N-ethyl adjacent to an activating group) is 1. The number of alkyl halides is 1. The number of amides is 1. The summed E-state index contributed by atoms with van der Waals surface area (Å²) in [4.78, 5) is 34.8. The van der Waals surface area contributed by atoms with E-state index in [1.54, 1.807) is 46.0 Å². The molecule has 440 valence electrons. The number of nitrogens with zero attached hydrogens (tertiary/aromatic N) is 5. The van der Waals surface area contributed by atoms with E-state index >= 15 is 0 Å². The van der Waals surface area contributed by atoms with Crippen LogP contribution in [0.25, 0.3) is 0 Å². The fourth-order valence-electron chi connectivity index (χ4n) is 12.6. The SMILES string of the molecule is C=C1CC[C@@H]2[C@@H](C)/C(=N/C(C)=O)[C@H](C)C[C@@](C)(OC1)[C@H](O[C@@H]1O[C@H](C)C[C@H](N(C)CCc3cn([C@H](CF)Cc4ccc(S(C)(=O)=O)cc4)nn3)[C@H]1O)[C@@H](C)[C@H](O[C@H]1C[C@@](C)(OC)[C@@H](O)[C@H](C)O1)[C@@H](C)C(=O)O[C@H](CC)[C@@]2(C)O. The number of carbonyl (C=O) groups excluding carboxylic acids is 2. The van der Waals surface area contributed by atoms with Crippen LogP contribution in [0.4, 0.5) is 4.39 Å². The van der Waals surface area contributed by atoms with Gasteiger partial charge in [0.05, 0.1) is 64.8 Å². The molecule has 78 heavy (non-hydrogen) atoms. The van der Waals surface area contributed by atoms with Crippen molar-refractivity contribution in [1.29, 1.82) is 0 Å². The number of methoxy groups -OCH3 is 1. The molecule has 2 bridgehead atoms. The van der Waals surface area contributed by atoms with Crippen molar-refractivity contribution in [3.05, 3.63) is 53.9 Å². The van der Waals surface area contributed by atoms with Crippen molar-refractivity contribution in [1.82, 2.24) is 19.9 Å². The summed E-state index contributed by atoms with van der Waals surface area (Å²) in [6.07, 6.45) is -3.34. The average molecular weight is 1120 g/mol. The van der Waals surface area contributed by atoms with Gasteiger partial charge in [-0.2, -0.15) is 0 Å². The molecule has 6 rings (SSSR count). The zero-order chi connectivity index (χ0) is 57.8. The molecule has 0 unspecified atom stereocenters. The second-order valence-corrected chi connectivity index (χ2v) is 25.7. The van der Waals surface area contributed by atoms with E-state index in [0.29, 0.717) is 43.6 Å². The topological polar surface area (TPSA) is 240 Å². The molecule has 4 aliphatic heterocycles. The molecule has 19 atom stereocenters. The molecular formula is C57H90FN5O14S. The highest BCUT2D eigenvalue weighted by Gasteiger charge is 2.54. The lowest BCUT2D eigenvalue weighted by Crippen LogP contribution is -2.61. The van der Waals surface area contributed by atoms with Crippen LogP contribution in [0, 0.1) is 29.6 Å². The molecule has 3 N–H and O–H groups in total. The molecule has 21 heteroatoms. The number of halogens is 1.